The van der Waals surface area contributed by atoms with Crippen LogP contribution >= 0.6 is 0 Å². The molecule has 1 rings (SSSR count). The largest absolute Gasteiger partial charge is 0.490 e. The van der Waals surface area contributed by atoms with Crippen molar-refractivity contribution in [1.29, 1.82) is 0 Å². The van der Waals surface area contributed by atoms with Crippen LogP contribution in [0.15, 0.2) is 36.1 Å². The van der Waals surface area contributed by atoms with Gasteiger partial charge in [0.1, 0.15) is 11.9 Å². The van der Waals surface area contributed by atoms with Crippen LogP contribution < -0.4 is 0 Å². The van der Waals surface area contributed by atoms with Crippen molar-refractivity contribution in [2.24, 2.45) is 0 Å². The van der Waals surface area contributed by atoms with Crippen LogP contribution in [0, 0.1) is 0 Å². The molecule has 0 aromatic rings. The number of rotatable bonds is 2. The van der Waals surface area contributed by atoms with Crippen LogP contribution in [-0.2, 0) is 4.74 Å². The van der Waals surface area contributed by atoms with Gasteiger partial charge in [-0.25, -0.2) is 0 Å². The summed E-state index contributed by atoms with van der Waals surface area (Å²) in [4.78, 5) is 0. The molecule has 0 bridgehead atoms. The van der Waals surface area contributed by atoms with E-state index in [0.717, 1.165) is 12.2 Å². The summed E-state index contributed by atoms with van der Waals surface area (Å²) in [6.45, 7) is 7.77. The molecule has 0 fully saturated rings. The van der Waals surface area contributed by atoms with Gasteiger partial charge in [0.15, 0.2) is 0 Å². The third-order valence-electron chi connectivity index (χ3n) is 1.71. The summed E-state index contributed by atoms with van der Waals surface area (Å²) in [7, 11) is 0. The van der Waals surface area contributed by atoms with Crippen molar-refractivity contribution in [3.8, 4) is 0 Å². The summed E-state index contributed by atoms with van der Waals surface area (Å²) in [5.41, 5.74) is 1.26. The zero-order valence-electron chi connectivity index (χ0n) is 7.13. The summed E-state index contributed by atoms with van der Waals surface area (Å²) >= 11 is 0. The van der Waals surface area contributed by atoms with Crippen molar-refractivity contribution in [1.82, 2.24) is 0 Å². The van der Waals surface area contributed by atoms with E-state index in [9.17, 15) is 0 Å². The van der Waals surface area contributed by atoms with E-state index in [1.807, 2.05) is 13.0 Å². The molecule has 0 aliphatic carbocycles. The lowest BCUT2D eigenvalue weighted by Gasteiger charge is -2.02. The standard InChI is InChI=1S/C10H14O/c1-4-6-9-7-8(3)11-10(9)5-2/h4-6,8H,2,7H2,1,3H3/b6-4-. The van der Waals surface area contributed by atoms with Crippen LogP contribution in [-0.4, -0.2) is 6.10 Å². The van der Waals surface area contributed by atoms with E-state index in [4.69, 9.17) is 4.74 Å². The predicted octanol–water partition coefficient (Wildman–Crippen LogP) is 2.81. The fourth-order valence-corrected chi connectivity index (χ4v) is 1.27. The van der Waals surface area contributed by atoms with Crippen molar-refractivity contribution < 1.29 is 4.74 Å². The zero-order valence-corrected chi connectivity index (χ0v) is 7.13. The van der Waals surface area contributed by atoms with Gasteiger partial charge in [-0.3, -0.25) is 0 Å². The minimum Gasteiger partial charge on any atom is -0.490 e. The molecule has 0 saturated carbocycles. The van der Waals surface area contributed by atoms with Crippen molar-refractivity contribution in [2.45, 2.75) is 26.4 Å². The average molecular weight is 150 g/mol. The minimum absolute atomic E-state index is 0.314. The van der Waals surface area contributed by atoms with Crippen LogP contribution in [0.1, 0.15) is 20.3 Å². The molecule has 1 aliphatic heterocycles. The maximum absolute atomic E-state index is 5.49. The maximum atomic E-state index is 5.49. The Morgan fingerprint density at radius 3 is 2.91 bits per heavy atom. The van der Waals surface area contributed by atoms with Gasteiger partial charge in [-0.1, -0.05) is 18.7 Å². The highest BCUT2D eigenvalue weighted by molar-refractivity contribution is 5.31. The van der Waals surface area contributed by atoms with E-state index >= 15 is 0 Å². The van der Waals surface area contributed by atoms with E-state index in [-0.39, 0.29) is 0 Å². The maximum Gasteiger partial charge on any atom is 0.122 e. The molecule has 1 unspecified atom stereocenters. The fourth-order valence-electron chi connectivity index (χ4n) is 1.27. The lowest BCUT2D eigenvalue weighted by Crippen LogP contribution is -1.96. The van der Waals surface area contributed by atoms with Crippen LogP contribution in [0.2, 0.25) is 0 Å². The smallest absolute Gasteiger partial charge is 0.122 e. The third kappa shape index (κ3) is 1.73. The number of hydrogen-bond donors (Lipinski definition) is 0. The molecule has 0 aromatic carbocycles. The minimum atomic E-state index is 0.314. The molecule has 1 heteroatoms. The summed E-state index contributed by atoms with van der Waals surface area (Å²) in [5, 5.41) is 0. The molecule has 60 valence electrons. The quantitative estimate of drug-likeness (QED) is 0.588. The van der Waals surface area contributed by atoms with Gasteiger partial charge in [0.05, 0.1) is 0 Å². The summed E-state index contributed by atoms with van der Waals surface area (Å²) < 4.78 is 5.49. The Balaban J connectivity index is 2.79. The third-order valence-corrected chi connectivity index (χ3v) is 1.71. The molecule has 0 N–H and O–H groups in total. The second-order valence-corrected chi connectivity index (χ2v) is 2.73. The van der Waals surface area contributed by atoms with Gasteiger partial charge in [-0.05, 0) is 25.5 Å². The van der Waals surface area contributed by atoms with E-state index < -0.39 is 0 Å². The van der Waals surface area contributed by atoms with Gasteiger partial charge in [-0.2, -0.15) is 0 Å². The van der Waals surface area contributed by atoms with Crippen LogP contribution in [0.4, 0.5) is 0 Å². The molecule has 0 saturated heterocycles. The Hall–Kier alpha value is -0.980. The molecule has 11 heavy (non-hydrogen) atoms. The van der Waals surface area contributed by atoms with Gasteiger partial charge in [0, 0.05) is 6.42 Å². The first-order valence-electron chi connectivity index (χ1n) is 3.93. The second kappa shape index (κ2) is 3.42. The van der Waals surface area contributed by atoms with Gasteiger partial charge in [0.25, 0.3) is 0 Å². The number of hydrogen-bond acceptors (Lipinski definition) is 1. The average Bonchev–Trinajstić information content (AvgIpc) is 2.32. The monoisotopic (exact) mass is 150 g/mol. The first-order chi connectivity index (χ1) is 5.27. The highest BCUT2D eigenvalue weighted by Gasteiger charge is 2.17. The van der Waals surface area contributed by atoms with Gasteiger partial charge >= 0.3 is 0 Å². The first kappa shape index (κ1) is 8.12. The van der Waals surface area contributed by atoms with Crippen molar-refractivity contribution in [2.75, 3.05) is 0 Å². The Kier molecular flexibility index (Phi) is 2.53. The first-order valence-corrected chi connectivity index (χ1v) is 3.93. The Morgan fingerprint density at radius 2 is 2.36 bits per heavy atom. The van der Waals surface area contributed by atoms with Crippen LogP contribution in [0.3, 0.4) is 0 Å². The number of allylic oxidation sites excluding steroid dienone is 3. The van der Waals surface area contributed by atoms with Crippen molar-refractivity contribution in [3.63, 3.8) is 0 Å². The molecular weight excluding hydrogens is 136 g/mol. The molecule has 1 atom stereocenters. The van der Waals surface area contributed by atoms with E-state index in [0.29, 0.717) is 6.10 Å². The summed E-state index contributed by atoms with van der Waals surface area (Å²) in [5.74, 6) is 0.940. The summed E-state index contributed by atoms with van der Waals surface area (Å²) in [6, 6.07) is 0. The van der Waals surface area contributed by atoms with E-state index in [1.54, 1.807) is 6.08 Å². The Morgan fingerprint density at radius 1 is 1.64 bits per heavy atom. The highest BCUT2D eigenvalue weighted by Crippen LogP contribution is 2.25. The number of ether oxygens (including phenoxy) is 1. The van der Waals surface area contributed by atoms with Gasteiger partial charge < -0.3 is 4.74 Å². The normalized spacial score (nSPS) is 24.4. The molecular formula is C10H14O. The molecule has 1 heterocycles. The molecule has 1 nitrogen and oxygen atoms in total. The SMILES string of the molecule is C=CC1=C(/C=C\C)CC(C)O1. The second-order valence-electron chi connectivity index (χ2n) is 2.73. The van der Waals surface area contributed by atoms with Gasteiger partial charge in [0.2, 0.25) is 0 Å². The topological polar surface area (TPSA) is 9.23 Å². The lowest BCUT2D eigenvalue weighted by atomic mass is 10.1. The summed E-state index contributed by atoms with van der Waals surface area (Å²) in [6.07, 6.45) is 7.21. The lowest BCUT2D eigenvalue weighted by molar-refractivity contribution is 0.170. The van der Waals surface area contributed by atoms with Crippen molar-refractivity contribution >= 4 is 0 Å². The molecule has 0 spiro atoms. The van der Waals surface area contributed by atoms with Crippen LogP contribution in [0.25, 0.3) is 0 Å². The highest BCUT2D eigenvalue weighted by atomic mass is 16.5. The predicted molar refractivity (Wildman–Crippen MR) is 47.2 cm³/mol. The van der Waals surface area contributed by atoms with Gasteiger partial charge in [-0.15, -0.1) is 0 Å². The molecule has 0 radical (unpaired) electrons. The molecule has 0 aromatic heterocycles. The van der Waals surface area contributed by atoms with E-state index in [1.165, 1.54) is 5.57 Å². The molecule has 0 amide bonds. The van der Waals surface area contributed by atoms with Crippen molar-refractivity contribution in [3.05, 3.63) is 36.1 Å². The Labute approximate surface area is 68.1 Å². The Bertz CT molecular complexity index is 211. The zero-order chi connectivity index (χ0) is 8.27. The van der Waals surface area contributed by atoms with E-state index in [2.05, 4.69) is 19.6 Å². The van der Waals surface area contributed by atoms with Crippen LogP contribution in [0.5, 0.6) is 0 Å². The fraction of sp³-hybridized carbons (Fsp3) is 0.400. The molecule has 1 aliphatic rings.